The lowest BCUT2D eigenvalue weighted by Gasteiger charge is -2.08. The lowest BCUT2D eigenvalue weighted by Crippen LogP contribution is -2.15. The molecule has 3 rings (SSSR count). The Bertz CT molecular complexity index is 899. The van der Waals surface area contributed by atoms with Crippen molar-refractivity contribution in [2.45, 2.75) is 6.42 Å². The number of benzene rings is 2. The van der Waals surface area contributed by atoms with Crippen LogP contribution in [0.2, 0.25) is 5.02 Å². The number of rotatable bonds is 7. The van der Waals surface area contributed by atoms with Crippen LogP contribution in [0.5, 0.6) is 5.75 Å². The summed E-state index contributed by atoms with van der Waals surface area (Å²) in [5, 5.41) is 6.72. The minimum atomic E-state index is -0.302. The van der Waals surface area contributed by atoms with Crippen molar-refractivity contribution in [1.82, 2.24) is 9.97 Å². The monoisotopic (exact) mass is 382 g/mol. The number of amides is 1. The molecule has 27 heavy (non-hydrogen) atoms. The molecule has 0 atom stereocenters. The molecule has 6 nitrogen and oxygen atoms in total. The fraction of sp³-hybridized carbons (Fsp3) is 0.150. The molecule has 0 spiro atoms. The Morgan fingerprint density at radius 2 is 1.81 bits per heavy atom. The van der Waals surface area contributed by atoms with E-state index in [2.05, 4.69) is 20.6 Å². The lowest BCUT2D eigenvalue weighted by atomic mass is 10.1. The first-order chi connectivity index (χ1) is 13.1. The average Bonchev–Trinajstić information content (AvgIpc) is 2.70. The molecule has 0 saturated heterocycles. The van der Waals surface area contributed by atoms with Crippen molar-refractivity contribution in [3.8, 4) is 5.75 Å². The Kier molecular flexibility index (Phi) is 6.22. The Balaban J connectivity index is 1.57. The van der Waals surface area contributed by atoms with Gasteiger partial charge < -0.3 is 15.4 Å². The van der Waals surface area contributed by atoms with E-state index in [-0.39, 0.29) is 11.6 Å². The molecule has 0 aliphatic rings. The van der Waals surface area contributed by atoms with Crippen LogP contribution in [0, 0.1) is 0 Å². The standard InChI is InChI=1S/C20H19ClN4O2/c1-27-17-8-6-16(7-9-17)25-20(26)18-12-19(24-13-23-18)22-11-10-14-2-4-15(21)5-3-14/h2-9,12-13H,10-11H2,1H3,(H,25,26)(H,22,23,24). The lowest BCUT2D eigenvalue weighted by molar-refractivity contribution is 0.102. The van der Waals surface area contributed by atoms with Crippen LogP contribution < -0.4 is 15.4 Å². The summed E-state index contributed by atoms with van der Waals surface area (Å²) in [6.45, 7) is 0.679. The van der Waals surface area contributed by atoms with Crippen LogP contribution in [0.4, 0.5) is 11.5 Å². The van der Waals surface area contributed by atoms with Crippen molar-refractivity contribution in [2.75, 3.05) is 24.3 Å². The summed E-state index contributed by atoms with van der Waals surface area (Å²) in [6, 6.07) is 16.4. The molecule has 0 fully saturated rings. The number of halogens is 1. The highest BCUT2D eigenvalue weighted by atomic mass is 35.5. The predicted octanol–water partition coefficient (Wildman–Crippen LogP) is 4.05. The molecule has 0 radical (unpaired) electrons. The summed E-state index contributed by atoms with van der Waals surface area (Å²) in [5.41, 5.74) is 2.12. The van der Waals surface area contributed by atoms with E-state index in [4.69, 9.17) is 16.3 Å². The van der Waals surface area contributed by atoms with Gasteiger partial charge >= 0.3 is 0 Å². The Morgan fingerprint density at radius 1 is 1.07 bits per heavy atom. The van der Waals surface area contributed by atoms with E-state index in [9.17, 15) is 4.79 Å². The van der Waals surface area contributed by atoms with Gasteiger partial charge in [-0.25, -0.2) is 9.97 Å². The Labute approximate surface area is 162 Å². The number of nitrogens with zero attached hydrogens (tertiary/aromatic N) is 2. The molecule has 0 bridgehead atoms. The maximum atomic E-state index is 12.4. The number of methoxy groups -OCH3 is 1. The van der Waals surface area contributed by atoms with E-state index in [1.54, 1.807) is 37.4 Å². The number of anilines is 2. The molecular weight excluding hydrogens is 364 g/mol. The van der Waals surface area contributed by atoms with Crippen molar-refractivity contribution >= 4 is 29.0 Å². The number of hydrogen-bond donors (Lipinski definition) is 2. The van der Waals surface area contributed by atoms with E-state index in [1.807, 2.05) is 24.3 Å². The highest BCUT2D eigenvalue weighted by molar-refractivity contribution is 6.30. The van der Waals surface area contributed by atoms with Crippen LogP contribution in [-0.2, 0) is 6.42 Å². The number of carbonyl (C=O) groups excluding carboxylic acids is 1. The SMILES string of the molecule is COc1ccc(NC(=O)c2cc(NCCc3ccc(Cl)cc3)ncn2)cc1. The maximum absolute atomic E-state index is 12.4. The van der Waals surface area contributed by atoms with E-state index in [0.717, 1.165) is 17.2 Å². The van der Waals surface area contributed by atoms with Gasteiger partial charge in [0.05, 0.1) is 7.11 Å². The molecule has 1 amide bonds. The molecule has 0 saturated carbocycles. The first kappa shape index (κ1) is 18.7. The van der Waals surface area contributed by atoms with Gasteiger partial charge in [-0.15, -0.1) is 0 Å². The highest BCUT2D eigenvalue weighted by Crippen LogP contribution is 2.16. The summed E-state index contributed by atoms with van der Waals surface area (Å²) in [4.78, 5) is 20.6. The summed E-state index contributed by atoms with van der Waals surface area (Å²) in [7, 11) is 1.59. The number of aromatic nitrogens is 2. The smallest absolute Gasteiger partial charge is 0.274 e. The zero-order valence-corrected chi connectivity index (χ0v) is 15.5. The van der Waals surface area contributed by atoms with Gasteiger partial charge in [-0.1, -0.05) is 23.7 Å². The van der Waals surface area contributed by atoms with E-state index >= 15 is 0 Å². The molecule has 0 unspecified atom stereocenters. The second kappa shape index (κ2) is 9.00. The fourth-order valence-electron chi connectivity index (χ4n) is 2.43. The average molecular weight is 383 g/mol. The first-order valence-corrected chi connectivity index (χ1v) is 8.77. The molecule has 7 heteroatoms. The van der Waals surface area contributed by atoms with Crippen LogP contribution in [0.15, 0.2) is 60.9 Å². The van der Waals surface area contributed by atoms with Gasteiger partial charge in [0.1, 0.15) is 23.6 Å². The van der Waals surface area contributed by atoms with Gasteiger partial charge in [0.15, 0.2) is 0 Å². The largest absolute Gasteiger partial charge is 0.497 e. The van der Waals surface area contributed by atoms with Crippen LogP contribution >= 0.6 is 11.6 Å². The summed E-state index contributed by atoms with van der Waals surface area (Å²) in [6.07, 6.45) is 2.18. The van der Waals surface area contributed by atoms with Crippen LogP contribution in [0.3, 0.4) is 0 Å². The molecule has 138 valence electrons. The van der Waals surface area contributed by atoms with Gasteiger partial charge in [0.25, 0.3) is 5.91 Å². The van der Waals surface area contributed by atoms with Gasteiger partial charge in [0, 0.05) is 23.3 Å². The van der Waals surface area contributed by atoms with E-state index in [1.165, 1.54) is 11.9 Å². The molecule has 3 aromatic rings. The second-order valence-corrected chi connectivity index (χ2v) is 6.21. The molecule has 0 aliphatic heterocycles. The minimum Gasteiger partial charge on any atom is -0.497 e. The third kappa shape index (κ3) is 5.43. The van der Waals surface area contributed by atoms with Crippen molar-refractivity contribution in [3.63, 3.8) is 0 Å². The Hall–Kier alpha value is -3.12. The molecule has 1 heterocycles. The predicted molar refractivity (Wildman–Crippen MR) is 107 cm³/mol. The molecule has 2 aromatic carbocycles. The zero-order valence-electron chi connectivity index (χ0n) is 14.8. The fourth-order valence-corrected chi connectivity index (χ4v) is 2.56. The van der Waals surface area contributed by atoms with Crippen LogP contribution in [-0.4, -0.2) is 29.5 Å². The molecule has 1 aromatic heterocycles. The number of hydrogen-bond acceptors (Lipinski definition) is 5. The third-order valence-corrected chi connectivity index (χ3v) is 4.13. The number of ether oxygens (including phenoxy) is 1. The van der Waals surface area contributed by atoms with Crippen LogP contribution in [0.1, 0.15) is 16.1 Å². The van der Waals surface area contributed by atoms with Crippen molar-refractivity contribution in [3.05, 3.63) is 77.2 Å². The molecular formula is C20H19ClN4O2. The van der Waals surface area contributed by atoms with Crippen molar-refractivity contribution in [1.29, 1.82) is 0 Å². The van der Waals surface area contributed by atoms with Gasteiger partial charge in [-0.3, -0.25) is 4.79 Å². The highest BCUT2D eigenvalue weighted by Gasteiger charge is 2.09. The van der Waals surface area contributed by atoms with Gasteiger partial charge in [0.2, 0.25) is 0 Å². The number of nitrogens with one attached hydrogen (secondary N) is 2. The molecule has 2 N–H and O–H groups in total. The maximum Gasteiger partial charge on any atom is 0.274 e. The third-order valence-electron chi connectivity index (χ3n) is 3.88. The summed E-state index contributed by atoms with van der Waals surface area (Å²) < 4.78 is 5.10. The van der Waals surface area contributed by atoms with E-state index in [0.29, 0.717) is 18.1 Å². The van der Waals surface area contributed by atoms with Crippen LogP contribution in [0.25, 0.3) is 0 Å². The summed E-state index contributed by atoms with van der Waals surface area (Å²) in [5.74, 6) is 1.02. The first-order valence-electron chi connectivity index (χ1n) is 8.40. The van der Waals surface area contributed by atoms with E-state index < -0.39 is 0 Å². The zero-order chi connectivity index (χ0) is 19.1. The van der Waals surface area contributed by atoms with Gasteiger partial charge in [-0.2, -0.15) is 0 Å². The Morgan fingerprint density at radius 3 is 2.52 bits per heavy atom. The minimum absolute atomic E-state index is 0.287. The van der Waals surface area contributed by atoms with Crippen molar-refractivity contribution < 1.29 is 9.53 Å². The normalized spacial score (nSPS) is 10.3. The molecule has 0 aliphatic carbocycles. The van der Waals surface area contributed by atoms with Crippen molar-refractivity contribution in [2.24, 2.45) is 0 Å². The quantitative estimate of drug-likeness (QED) is 0.644. The number of carbonyl (C=O) groups is 1. The summed E-state index contributed by atoms with van der Waals surface area (Å²) >= 11 is 5.89. The van der Waals surface area contributed by atoms with Gasteiger partial charge in [-0.05, 0) is 48.4 Å². The second-order valence-electron chi connectivity index (χ2n) is 5.77. The topological polar surface area (TPSA) is 76.1 Å².